The van der Waals surface area contributed by atoms with Gasteiger partial charge in [-0.05, 0) is 12.1 Å². The van der Waals surface area contributed by atoms with Crippen molar-refractivity contribution in [3.63, 3.8) is 0 Å². The first-order chi connectivity index (χ1) is 11.1. The van der Waals surface area contributed by atoms with Gasteiger partial charge in [0.15, 0.2) is 12.4 Å². The summed E-state index contributed by atoms with van der Waals surface area (Å²) in [4.78, 5) is 21.7. The van der Waals surface area contributed by atoms with E-state index < -0.39 is 23.3 Å². The van der Waals surface area contributed by atoms with Gasteiger partial charge in [0.2, 0.25) is 0 Å². The van der Waals surface area contributed by atoms with Crippen LogP contribution in [0.1, 0.15) is 5.56 Å². The van der Waals surface area contributed by atoms with Gasteiger partial charge in [-0.3, -0.25) is 14.9 Å². The number of hydrazone groups is 1. The first-order valence-electron chi connectivity index (χ1n) is 6.50. The molecular formula is C15H12FN3O4. The van der Waals surface area contributed by atoms with Crippen molar-refractivity contribution < 1.29 is 18.8 Å². The maximum atomic E-state index is 13.3. The Bertz CT molecular complexity index is 749. The van der Waals surface area contributed by atoms with E-state index in [9.17, 15) is 19.3 Å². The Labute approximate surface area is 130 Å². The average Bonchev–Trinajstić information content (AvgIpc) is 2.55. The molecule has 0 saturated heterocycles. The zero-order chi connectivity index (χ0) is 16.7. The van der Waals surface area contributed by atoms with Gasteiger partial charge in [-0.1, -0.05) is 30.3 Å². The largest absolute Gasteiger partial charge is 0.477 e. The van der Waals surface area contributed by atoms with Crippen LogP contribution >= 0.6 is 0 Å². The average molecular weight is 317 g/mol. The number of hydrogen-bond donors (Lipinski definition) is 1. The van der Waals surface area contributed by atoms with Crippen LogP contribution in [0.25, 0.3) is 0 Å². The van der Waals surface area contributed by atoms with Crippen LogP contribution in [0.5, 0.6) is 5.75 Å². The van der Waals surface area contributed by atoms with Gasteiger partial charge in [-0.25, -0.2) is 9.82 Å². The fourth-order valence-corrected chi connectivity index (χ4v) is 1.66. The molecule has 0 radical (unpaired) electrons. The molecule has 0 unspecified atom stereocenters. The lowest BCUT2D eigenvalue weighted by atomic mass is 10.2. The SMILES string of the molecule is O=C(COc1ccccc1[N+](=O)[O-])N/N=C/c1ccccc1F. The second-order valence-corrected chi connectivity index (χ2v) is 4.33. The zero-order valence-electron chi connectivity index (χ0n) is 11.8. The number of carbonyl (C=O) groups excluding carboxylic acids is 1. The number of nitrogens with zero attached hydrogens (tertiary/aromatic N) is 2. The van der Waals surface area contributed by atoms with E-state index in [4.69, 9.17) is 4.74 Å². The van der Waals surface area contributed by atoms with E-state index in [1.807, 2.05) is 0 Å². The summed E-state index contributed by atoms with van der Waals surface area (Å²) in [6.07, 6.45) is 1.15. The minimum Gasteiger partial charge on any atom is -0.477 e. The third-order valence-corrected chi connectivity index (χ3v) is 2.72. The maximum Gasteiger partial charge on any atom is 0.310 e. The summed E-state index contributed by atoms with van der Waals surface area (Å²) in [5, 5.41) is 14.4. The number of halogens is 1. The first-order valence-corrected chi connectivity index (χ1v) is 6.50. The Hall–Kier alpha value is -3.29. The van der Waals surface area contributed by atoms with E-state index in [0.29, 0.717) is 0 Å². The molecule has 1 amide bonds. The molecule has 0 bridgehead atoms. The lowest BCUT2D eigenvalue weighted by molar-refractivity contribution is -0.385. The summed E-state index contributed by atoms with van der Waals surface area (Å²) in [7, 11) is 0. The standard InChI is InChI=1S/C15H12FN3O4/c16-12-6-2-1-5-11(12)9-17-18-15(20)10-23-14-8-4-3-7-13(14)19(21)22/h1-9H,10H2,(H,18,20)/b17-9+. The molecule has 0 aliphatic rings. The molecule has 1 N–H and O–H groups in total. The van der Waals surface area contributed by atoms with E-state index in [2.05, 4.69) is 10.5 Å². The lowest BCUT2D eigenvalue weighted by Gasteiger charge is -2.05. The fourth-order valence-electron chi connectivity index (χ4n) is 1.66. The van der Waals surface area contributed by atoms with Crippen LogP contribution in [0, 0.1) is 15.9 Å². The molecule has 23 heavy (non-hydrogen) atoms. The van der Waals surface area contributed by atoms with E-state index in [-0.39, 0.29) is 17.0 Å². The number of nitro groups is 1. The van der Waals surface area contributed by atoms with Gasteiger partial charge in [0, 0.05) is 11.6 Å². The van der Waals surface area contributed by atoms with Crippen molar-refractivity contribution in [2.75, 3.05) is 6.61 Å². The molecule has 0 fully saturated rings. The van der Waals surface area contributed by atoms with Crippen molar-refractivity contribution in [2.45, 2.75) is 0 Å². The van der Waals surface area contributed by atoms with E-state index in [1.54, 1.807) is 12.1 Å². The molecule has 7 nitrogen and oxygen atoms in total. The smallest absolute Gasteiger partial charge is 0.310 e. The van der Waals surface area contributed by atoms with E-state index >= 15 is 0 Å². The van der Waals surface area contributed by atoms with Crippen LogP contribution in [-0.2, 0) is 4.79 Å². The number of hydrogen-bond acceptors (Lipinski definition) is 5. The predicted octanol–water partition coefficient (Wildman–Crippen LogP) is 2.26. The quantitative estimate of drug-likeness (QED) is 0.502. The van der Waals surface area contributed by atoms with Gasteiger partial charge < -0.3 is 4.74 Å². The maximum absolute atomic E-state index is 13.3. The molecule has 0 aromatic heterocycles. The fraction of sp³-hybridized carbons (Fsp3) is 0.0667. The van der Waals surface area contributed by atoms with Gasteiger partial charge in [-0.15, -0.1) is 0 Å². The number of carbonyl (C=O) groups is 1. The van der Waals surface area contributed by atoms with Crippen LogP contribution < -0.4 is 10.2 Å². The van der Waals surface area contributed by atoms with Gasteiger partial charge in [0.05, 0.1) is 11.1 Å². The molecule has 2 rings (SSSR count). The molecule has 0 aliphatic heterocycles. The summed E-state index contributed by atoms with van der Waals surface area (Å²) in [6, 6.07) is 11.6. The summed E-state index contributed by atoms with van der Waals surface area (Å²) >= 11 is 0. The summed E-state index contributed by atoms with van der Waals surface area (Å²) in [5.41, 5.74) is 2.12. The van der Waals surface area contributed by atoms with Gasteiger partial charge >= 0.3 is 5.69 Å². The van der Waals surface area contributed by atoms with Crippen molar-refractivity contribution in [1.82, 2.24) is 5.43 Å². The van der Waals surface area contributed by atoms with Crippen molar-refractivity contribution in [3.05, 3.63) is 70.0 Å². The molecule has 8 heteroatoms. The molecule has 118 valence electrons. The molecule has 0 atom stereocenters. The molecule has 0 aliphatic carbocycles. The van der Waals surface area contributed by atoms with E-state index in [1.165, 1.54) is 36.4 Å². The highest BCUT2D eigenvalue weighted by Gasteiger charge is 2.14. The Morgan fingerprint density at radius 1 is 1.26 bits per heavy atom. The molecule has 0 saturated carbocycles. The Balaban J connectivity index is 1.89. The Morgan fingerprint density at radius 3 is 2.70 bits per heavy atom. The first kappa shape index (κ1) is 16.1. The summed E-state index contributed by atoms with van der Waals surface area (Å²) in [6.45, 7) is -0.459. The minimum absolute atomic E-state index is 0.0225. The van der Waals surface area contributed by atoms with Crippen molar-refractivity contribution >= 4 is 17.8 Å². The third kappa shape index (κ3) is 4.60. The molecular weight excluding hydrogens is 305 g/mol. The topological polar surface area (TPSA) is 93.8 Å². The molecule has 2 aromatic rings. The van der Waals surface area contributed by atoms with Crippen molar-refractivity contribution in [2.24, 2.45) is 5.10 Å². The third-order valence-electron chi connectivity index (χ3n) is 2.72. The monoisotopic (exact) mass is 317 g/mol. The van der Waals surface area contributed by atoms with Gasteiger partial charge in [0.25, 0.3) is 5.91 Å². The molecule has 0 spiro atoms. The number of rotatable bonds is 6. The number of nitro benzene ring substituents is 1. The van der Waals surface area contributed by atoms with Crippen LogP contribution in [0.2, 0.25) is 0 Å². The predicted molar refractivity (Wildman–Crippen MR) is 80.7 cm³/mol. The zero-order valence-corrected chi connectivity index (χ0v) is 11.8. The highest BCUT2D eigenvalue weighted by molar-refractivity contribution is 5.83. The number of amides is 1. The van der Waals surface area contributed by atoms with Crippen LogP contribution in [0.4, 0.5) is 10.1 Å². The van der Waals surface area contributed by atoms with Crippen LogP contribution in [0.15, 0.2) is 53.6 Å². The highest BCUT2D eigenvalue weighted by Crippen LogP contribution is 2.25. The Morgan fingerprint density at radius 2 is 1.96 bits per heavy atom. The second-order valence-electron chi connectivity index (χ2n) is 4.33. The van der Waals surface area contributed by atoms with Gasteiger partial charge in [0.1, 0.15) is 5.82 Å². The lowest BCUT2D eigenvalue weighted by Crippen LogP contribution is -2.24. The molecule has 0 heterocycles. The van der Waals surface area contributed by atoms with Crippen molar-refractivity contribution in [3.8, 4) is 5.75 Å². The van der Waals surface area contributed by atoms with Crippen LogP contribution in [-0.4, -0.2) is 23.7 Å². The summed E-state index contributed by atoms with van der Waals surface area (Å²) in [5.74, 6) is -1.12. The Kier molecular flexibility index (Phi) is 5.35. The van der Waals surface area contributed by atoms with Crippen molar-refractivity contribution in [1.29, 1.82) is 0 Å². The van der Waals surface area contributed by atoms with E-state index in [0.717, 1.165) is 6.21 Å². The number of nitrogens with one attached hydrogen (secondary N) is 1. The minimum atomic E-state index is -0.629. The highest BCUT2D eigenvalue weighted by atomic mass is 19.1. The normalized spacial score (nSPS) is 10.5. The van der Waals surface area contributed by atoms with Crippen LogP contribution in [0.3, 0.4) is 0 Å². The van der Waals surface area contributed by atoms with Gasteiger partial charge in [-0.2, -0.15) is 5.10 Å². The second kappa shape index (κ2) is 7.64. The molecule has 2 aromatic carbocycles. The summed E-state index contributed by atoms with van der Waals surface area (Å²) < 4.78 is 18.4. The number of ether oxygens (including phenoxy) is 1. The number of para-hydroxylation sites is 2. The number of benzene rings is 2.